The van der Waals surface area contributed by atoms with Crippen molar-refractivity contribution >= 4 is 44.7 Å². The van der Waals surface area contributed by atoms with Gasteiger partial charge in [0.05, 0.1) is 5.69 Å². The van der Waals surface area contributed by atoms with E-state index >= 15 is 0 Å². The molecule has 2 amide bonds. The molecule has 0 spiro atoms. The molecule has 0 bridgehead atoms. The Kier molecular flexibility index (Phi) is 5.58. The number of thiazole rings is 1. The lowest BCUT2D eigenvalue weighted by molar-refractivity contribution is 0.0987. The minimum atomic E-state index is -0.180. The maximum absolute atomic E-state index is 13.0. The van der Waals surface area contributed by atoms with Gasteiger partial charge in [-0.3, -0.25) is 14.9 Å². The number of aromatic nitrogens is 1. The molecule has 0 saturated heterocycles. The van der Waals surface area contributed by atoms with Crippen LogP contribution in [0.2, 0.25) is 0 Å². The molecule has 0 fully saturated rings. The van der Waals surface area contributed by atoms with E-state index in [4.69, 9.17) is 0 Å². The summed E-state index contributed by atoms with van der Waals surface area (Å²) in [6, 6.07) is 27.4. The number of amides is 2. The second kappa shape index (κ2) is 9.06. The zero-order valence-electron chi connectivity index (χ0n) is 19.7. The molecule has 176 valence electrons. The van der Waals surface area contributed by atoms with E-state index in [1.54, 1.807) is 0 Å². The summed E-state index contributed by atoms with van der Waals surface area (Å²) >= 11 is 1.40. The average molecular weight is 490 g/mol. The molecule has 4 aromatic carbocycles. The Balaban J connectivity index is 1.19. The molecule has 1 aliphatic heterocycles. The number of aryl methyl sites for hydroxylation is 1. The monoisotopic (exact) mass is 489 g/mol. The minimum absolute atomic E-state index is 0.0221. The van der Waals surface area contributed by atoms with Gasteiger partial charge in [0.2, 0.25) is 0 Å². The second-order valence-electron chi connectivity index (χ2n) is 8.97. The van der Waals surface area contributed by atoms with Gasteiger partial charge in [-0.15, -0.1) is 11.3 Å². The number of nitrogens with one attached hydrogen (secondary N) is 1. The van der Waals surface area contributed by atoms with Crippen LogP contribution in [-0.2, 0) is 6.42 Å². The van der Waals surface area contributed by atoms with Crippen molar-refractivity contribution in [2.75, 3.05) is 16.8 Å². The Bertz CT molecular complexity index is 1620. The zero-order valence-corrected chi connectivity index (χ0v) is 20.5. The van der Waals surface area contributed by atoms with Gasteiger partial charge in [0.15, 0.2) is 5.13 Å². The summed E-state index contributed by atoms with van der Waals surface area (Å²) < 4.78 is 0. The summed E-state index contributed by atoms with van der Waals surface area (Å²) in [5.74, 6) is -0.158. The highest BCUT2D eigenvalue weighted by Crippen LogP contribution is 2.34. The van der Waals surface area contributed by atoms with Crippen LogP contribution in [0.15, 0.2) is 90.3 Å². The van der Waals surface area contributed by atoms with Crippen LogP contribution >= 0.6 is 11.3 Å². The molecule has 0 atom stereocenters. The third kappa shape index (κ3) is 4.16. The van der Waals surface area contributed by atoms with Crippen molar-refractivity contribution in [3.8, 4) is 11.3 Å². The highest BCUT2D eigenvalue weighted by atomic mass is 32.1. The maximum atomic E-state index is 13.0. The van der Waals surface area contributed by atoms with Crippen molar-refractivity contribution in [2.45, 2.75) is 13.3 Å². The molecular weight excluding hydrogens is 466 g/mol. The number of carbonyl (C=O) groups excluding carboxylic acids is 2. The molecule has 0 aliphatic carbocycles. The van der Waals surface area contributed by atoms with Crippen molar-refractivity contribution in [1.82, 2.24) is 4.98 Å². The fourth-order valence-electron chi connectivity index (χ4n) is 4.59. The normalized spacial score (nSPS) is 12.5. The van der Waals surface area contributed by atoms with Gasteiger partial charge in [0, 0.05) is 34.3 Å². The first-order valence-corrected chi connectivity index (χ1v) is 12.7. The van der Waals surface area contributed by atoms with Gasteiger partial charge in [-0.25, -0.2) is 4.98 Å². The van der Waals surface area contributed by atoms with Gasteiger partial charge in [-0.05, 0) is 66.1 Å². The topological polar surface area (TPSA) is 62.3 Å². The number of anilines is 2. The number of hydrogen-bond acceptors (Lipinski definition) is 4. The quantitative estimate of drug-likeness (QED) is 0.305. The summed E-state index contributed by atoms with van der Waals surface area (Å²) in [4.78, 5) is 32.4. The number of benzene rings is 4. The number of hydrogen-bond donors (Lipinski definition) is 1. The van der Waals surface area contributed by atoms with Gasteiger partial charge in [-0.2, -0.15) is 0 Å². The van der Waals surface area contributed by atoms with Gasteiger partial charge in [0.25, 0.3) is 11.8 Å². The molecule has 36 heavy (non-hydrogen) atoms. The molecule has 6 heteroatoms. The summed E-state index contributed by atoms with van der Waals surface area (Å²) in [5.41, 5.74) is 6.28. The number of rotatable bonds is 4. The van der Waals surface area contributed by atoms with E-state index in [0.717, 1.165) is 45.3 Å². The maximum Gasteiger partial charge on any atom is 0.258 e. The average Bonchev–Trinajstić information content (AvgIpc) is 3.55. The molecule has 0 radical (unpaired) electrons. The Morgan fingerprint density at radius 1 is 0.889 bits per heavy atom. The molecule has 1 aliphatic rings. The van der Waals surface area contributed by atoms with E-state index in [1.807, 2.05) is 96.1 Å². The standard InChI is InChI=1S/C30H23N3O2S/c1-19-6-8-21(9-7-19)29(35)33-15-14-24-17-23(12-13-27(24)33)26-18-36-30(31-26)32-28(34)25-11-10-20-4-2-3-5-22(20)16-25/h2-13,16-18H,14-15H2,1H3,(H,31,32,34). The van der Waals surface area contributed by atoms with Crippen LogP contribution in [0.4, 0.5) is 10.8 Å². The van der Waals surface area contributed by atoms with Crippen LogP contribution < -0.4 is 10.2 Å². The first-order valence-electron chi connectivity index (χ1n) is 11.8. The van der Waals surface area contributed by atoms with E-state index in [0.29, 0.717) is 22.8 Å². The number of nitrogens with zero attached hydrogens (tertiary/aromatic N) is 2. The summed E-state index contributed by atoms with van der Waals surface area (Å²) in [7, 11) is 0. The van der Waals surface area contributed by atoms with Crippen LogP contribution in [0, 0.1) is 6.92 Å². The molecule has 1 aromatic heterocycles. The smallest absolute Gasteiger partial charge is 0.258 e. The van der Waals surface area contributed by atoms with Crippen LogP contribution in [0.1, 0.15) is 31.8 Å². The first-order chi connectivity index (χ1) is 17.5. The highest BCUT2D eigenvalue weighted by Gasteiger charge is 2.26. The fourth-order valence-corrected chi connectivity index (χ4v) is 5.30. The van der Waals surface area contributed by atoms with Crippen molar-refractivity contribution in [3.05, 3.63) is 113 Å². The predicted octanol–water partition coefficient (Wildman–Crippen LogP) is 6.73. The molecule has 5 aromatic rings. The summed E-state index contributed by atoms with van der Waals surface area (Å²) in [5, 5.41) is 7.55. The van der Waals surface area contributed by atoms with Gasteiger partial charge >= 0.3 is 0 Å². The zero-order chi connectivity index (χ0) is 24.6. The molecule has 0 saturated carbocycles. The molecule has 5 nitrogen and oxygen atoms in total. The molecule has 2 heterocycles. The van der Waals surface area contributed by atoms with Crippen molar-refractivity contribution in [3.63, 3.8) is 0 Å². The molecule has 6 rings (SSSR count). The SMILES string of the molecule is Cc1ccc(C(=O)N2CCc3cc(-c4csc(NC(=O)c5ccc6ccccc6c5)n4)ccc32)cc1. The van der Waals surface area contributed by atoms with Gasteiger partial charge < -0.3 is 4.90 Å². The number of carbonyl (C=O) groups is 2. The van der Waals surface area contributed by atoms with E-state index < -0.39 is 0 Å². The van der Waals surface area contributed by atoms with E-state index in [2.05, 4.69) is 16.4 Å². The van der Waals surface area contributed by atoms with Gasteiger partial charge in [-0.1, -0.05) is 54.1 Å². The van der Waals surface area contributed by atoms with E-state index in [9.17, 15) is 9.59 Å². The van der Waals surface area contributed by atoms with Crippen molar-refractivity contribution in [2.24, 2.45) is 0 Å². The largest absolute Gasteiger partial charge is 0.308 e. The minimum Gasteiger partial charge on any atom is -0.308 e. The van der Waals surface area contributed by atoms with Crippen LogP contribution in [0.25, 0.3) is 22.0 Å². The van der Waals surface area contributed by atoms with Crippen LogP contribution in [-0.4, -0.2) is 23.3 Å². The Labute approximate surface area is 213 Å². The first kappa shape index (κ1) is 22.2. The van der Waals surface area contributed by atoms with Crippen molar-refractivity contribution < 1.29 is 9.59 Å². The van der Waals surface area contributed by atoms with Crippen LogP contribution in [0.3, 0.4) is 0 Å². The lowest BCUT2D eigenvalue weighted by atomic mass is 10.1. The summed E-state index contributed by atoms with van der Waals surface area (Å²) in [6.07, 6.45) is 0.802. The highest BCUT2D eigenvalue weighted by molar-refractivity contribution is 7.14. The molecule has 1 N–H and O–H groups in total. The Hall–Kier alpha value is -4.29. The van der Waals surface area contributed by atoms with Crippen molar-refractivity contribution in [1.29, 1.82) is 0 Å². The lowest BCUT2D eigenvalue weighted by Gasteiger charge is -2.17. The summed E-state index contributed by atoms with van der Waals surface area (Å²) in [6.45, 7) is 2.68. The van der Waals surface area contributed by atoms with Gasteiger partial charge in [0.1, 0.15) is 0 Å². The van der Waals surface area contributed by atoms with E-state index in [-0.39, 0.29) is 11.8 Å². The lowest BCUT2D eigenvalue weighted by Crippen LogP contribution is -2.28. The Morgan fingerprint density at radius 3 is 2.50 bits per heavy atom. The Morgan fingerprint density at radius 2 is 1.67 bits per heavy atom. The molecular formula is C30H23N3O2S. The third-order valence-corrected chi connectivity index (χ3v) is 7.31. The van der Waals surface area contributed by atoms with Crippen LogP contribution in [0.5, 0.6) is 0 Å². The number of fused-ring (bicyclic) bond motifs is 2. The van der Waals surface area contributed by atoms with E-state index in [1.165, 1.54) is 11.3 Å². The molecule has 0 unspecified atom stereocenters. The second-order valence-corrected chi connectivity index (χ2v) is 9.83. The fraction of sp³-hybridized carbons (Fsp3) is 0.100. The third-order valence-electron chi connectivity index (χ3n) is 6.55. The predicted molar refractivity (Wildman–Crippen MR) is 146 cm³/mol.